The Hall–Kier alpha value is -4.39. The number of para-hydroxylation sites is 1. The van der Waals surface area contributed by atoms with Crippen LogP contribution in [0, 0.1) is 0 Å². The molecule has 5 aromatic rings. The molecule has 0 fully saturated rings. The monoisotopic (exact) mass is 507 g/mol. The first kappa shape index (κ1) is 25.3. The molecule has 1 amide bonds. The highest BCUT2D eigenvalue weighted by atomic mass is 16.6. The van der Waals surface area contributed by atoms with Gasteiger partial charge in [-0.3, -0.25) is 0 Å². The summed E-state index contributed by atoms with van der Waals surface area (Å²) in [7, 11) is 0. The summed E-state index contributed by atoms with van der Waals surface area (Å²) in [6, 6.07) is 28.2. The number of nitrogens with zero attached hydrogens (tertiary/aromatic N) is 3. The molecule has 0 saturated carbocycles. The predicted octanol–water partition coefficient (Wildman–Crippen LogP) is 6.21. The van der Waals surface area contributed by atoms with E-state index < -0.39 is 17.7 Å². The third kappa shape index (κ3) is 6.11. The number of fused-ring (bicyclic) bond motifs is 1. The van der Waals surface area contributed by atoms with Gasteiger partial charge in [-0.15, -0.1) is 10.2 Å². The van der Waals surface area contributed by atoms with E-state index in [1.165, 1.54) is 0 Å². The van der Waals surface area contributed by atoms with Crippen LogP contribution in [0.4, 0.5) is 4.79 Å². The summed E-state index contributed by atoms with van der Waals surface area (Å²) < 4.78 is 7.77. The molecule has 0 aliphatic carbocycles. The van der Waals surface area contributed by atoms with E-state index in [-0.39, 0.29) is 0 Å². The van der Waals surface area contributed by atoms with E-state index in [0.717, 1.165) is 33.4 Å². The molecule has 38 heavy (non-hydrogen) atoms. The van der Waals surface area contributed by atoms with Gasteiger partial charge in [0.1, 0.15) is 11.4 Å². The molecule has 0 saturated heterocycles. The molecule has 0 unspecified atom stereocenters. The second-order valence-corrected chi connectivity index (χ2v) is 10.5. The highest BCUT2D eigenvalue weighted by molar-refractivity contribution is 5.83. The van der Waals surface area contributed by atoms with E-state index in [1.54, 1.807) is 0 Å². The van der Waals surface area contributed by atoms with Crippen molar-refractivity contribution in [1.29, 1.82) is 0 Å². The van der Waals surface area contributed by atoms with E-state index >= 15 is 0 Å². The highest BCUT2D eigenvalue weighted by Crippen LogP contribution is 2.26. The van der Waals surface area contributed by atoms with Crippen LogP contribution in [0.5, 0.6) is 0 Å². The van der Waals surface area contributed by atoms with Crippen LogP contribution in [0.25, 0.3) is 10.9 Å². The molecule has 1 atom stereocenters. The number of hydrogen-bond donors (Lipinski definition) is 2. The maximum absolute atomic E-state index is 13.0. The third-order valence-corrected chi connectivity index (χ3v) is 6.35. The van der Waals surface area contributed by atoms with Crippen molar-refractivity contribution in [3.63, 3.8) is 0 Å². The molecule has 3 aromatic carbocycles. The second-order valence-electron chi connectivity index (χ2n) is 10.5. The van der Waals surface area contributed by atoms with E-state index in [2.05, 4.69) is 55.4 Å². The van der Waals surface area contributed by atoms with Gasteiger partial charge in [-0.25, -0.2) is 4.79 Å². The topological polar surface area (TPSA) is 84.8 Å². The Balaban J connectivity index is 1.55. The number of carbonyl (C=O) groups is 1. The van der Waals surface area contributed by atoms with Crippen molar-refractivity contribution >= 4 is 17.0 Å². The lowest BCUT2D eigenvalue weighted by molar-refractivity contribution is 0.0500. The number of alkyl carbamates (subject to hydrolysis) is 1. The SMILES string of the molecule is CC(C)(C)OC(=O)N[C@@H](Cc1c[nH]c2ccccc12)c1nnc(Cc2ccccc2)n1Cc1ccccc1. The maximum atomic E-state index is 13.0. The number of aromatic amines is 1. The Kier molecular flexibility index (Phi) is 7.26. The van der Waals surface area contributed by atoms with Crippen LogP contribution in [-0.4, -0.2) is 31.4 Å². The first-order valence-electron chi connectivity index (χ1n) is 12.9. The molecule has 5 rings (SSSR count). The number of carbonyl (C=O) groups excluding carboxylic acids is 1. The Morgan fingerprint density at radius 3 is 2.29 bits per heavy atom. The normalized spacial score (nSPS) is 12.4. The lowest BCUT2D eigenvalue weighted by atomic mass is 10.0. The average Bonchev–Trinajstić information content (AvgIpc) is 3.48. The summed E-state index contributed by atoms with van der Waals surface area (Å²) in [4.78, 5) is 16.3. The maximum Gasteiger partial charge on any atom is 0.408 e. The first-order valence-corrected chi connectivity index (χ1v) is 12.9. The molecule has 0 bridgehead atoms. The summed E-state index contributed by atoms with van der Waals surface area (Å²) in [6.07, 6.45) is 2.67. The minimum atomic E-state index is -0.619. The quantitative estimate of drug-likeness (QED) is 0.262. The van der Waals surface area contributed by atoms with Crippen molar-refractivity contribution in [2.45, 2.75) is 51.8 Å². The largest absolute Gasteiger partial charge is 0.444 e. The van der Waals surface area contributed by atoms with E-state index in [9.17, 15) is 4.79 Å². The summed E-state index contributed by atoms with van der Waals surface area (Å²) in [5.41, 5.74) is 3.79. The second kappa shape index (κ2) is 10.9. The number of amides is 1. The van der Waals surface area contributed by atoms with Gasteiger partial charge in [0, 0.05) is 29.9 Å². The number of benzene rings is 3. The van der Waals surface area contributed by atoms with Gasteiger partial charge in [0.05, 0.1) is 12.6 Å². The molecule has 0 spiro atoms. The zero-order chi connectivity index (χ0) is 26.5. The standard InChI is InChI=1S/C31H33N5O2/c1-31(2,3)38-30(37)33-27(19-24-20-32-26-17-11-10-16-25(24)26)29-35-34-28(18-22-12-6-4-7-13-22)36(29)21-23-14-8-5-9-15-23/h4-17,20,27,32H,18-19,21H2,1-3H3,(H,33,37)/t27-/m0/s1. The minimum absolute atomic E-state index is 0.454. The van der Waals surface area contributed by atoms with Gasteiger partial charge >= 0.3 is 6.09 Å². The van der Waals surface area contributed by atoms with Gasteiger partial charge in [-0.05, 0) is 43.5 Å². The van der Waals surface area contributed by atoms with Crippen LogP contribution in [-0.2, 0) is 24.1 Å². The number of ether oxygens (including phenoxy) is 1. The fraction of sp³-hybridized carbons (Fsp3) is 0.258. The summed E-state index contributed by atoms with van der Waals surface area (Å²) in [6.45, 7) is 6.16. The van der Waals surface area contributed by atoms with Gasteiger partial charge in [0.15, 0.2) is 5.82 Å². The summed E-state index contributed by atoms with van der Waals surface area (Å²) in [5, 5.41) is 13.5. The lowest BCUT2D eigenvalue weighted by Crippen LogP contribution is -2.37. The molecule has 2 aromatic heterocycles. The van der Waals surface area contributed by atoms with Gasteiger partial charge in [0.2, 0.25) is 0 Å². The van der Waals surface area contributed by atoms with Crippen LogP contribution in [0.15, 0.2) is 91.1 Å². The summed E-state index contributed by atoms with van der Waals surface area (Å²) >= 11 is 0. The number of H-pyrrole nitrogens is 1. The summed E-state index contributed by atoms with van der Waals surface area (Å²) in [5.74, 6) is 1.53. The molecule has 7 nitrogen and oxygen atoms in total. The van der Waals surface area contributed by atoms with Crippen LogP contribution < -0.4 is 5.32 Å². The van der Waals surface area contributed by atoms with Crippen molar-refractivity contribution in [3.8, 4) is 0 Å². The average molecular weight is 508 g/mol. The first-order chi connectivity index (χ1) is 18.4. The smallest absolute Gasteiger partial charge is 0.408 e. The van der Waals surface area contributed by atoms with Crippen molar-refractivity contribution < 1.29 is 9.53 Å². The molecule has 2 N–H and O–H groups in total. The molecule has 194 valence electrons. The molecule has 0 aliphatic rings. The number of nitrogens with one attached hydrogen (secondary N) is 2. The van der Waals surface area contributed by atoms with E-state index in [1.807, 2.05) is 81.6 Å². The highest BCUT2D eigenvalue weighted by Gasteiger charge is 2.27. The fourth-order valence-corrected chi connectivity index (χ4v) is 4.63. The van der Waals surface area contributed by atoms with Crippen LogP contribution in [0.1, 0.15) is 55.2 Å². The predicted molar refractivity (Wildman–Crippen MR) is 149 cm³/mol. The molecule has 0 radical (unpaired) electrons. The molecule has 7 heteroatoms. The Morgan fingerprint density at radius 1 is 0.921 bits per heavy atom. The number of rotatable bonds is 8. The minimum Gasteiger partial charge on any atom is -0.444 e. The molecular weight excluding hydrogens is 474 g/mol. The fourth-order valence-electron chi connectivity index (χ4n) is 4.63. The molecule has 2 heterocycles. The molecular formula is C31H33N5O2. The number of hydrogen-bond acceptors (Lipinski definition) is 4. The van der Waals surface area contributed by atoms with Crippen molar-refractivity contribution in [3.05, 3.63) is 119 Å². The van der Waals surface area contributed by atoms with Crippen LogP contribution in [0.3, 0.4) is 0 Å². The number of aromatic nitrogens is 4. The van der Waals surface area contributed by atoms with Gasteiger partial charge in [-0.1, -0.05) is 78.9 Å². The van der Waals surface area contributed by atoms with Crippen molar-refractivity contribution in [2.75, 3.05) is 0 Å². The Morgan fingerprint density at radius 2 is 1.58 bits per heavy atom. The van der Waals surface area contributed by atoms with Crippen molar-refractivity contribution in [2.24, 2.45) is 0 Å². The van der Waals surface area contributed by atoms with Gasteiger partial charge in [0.25, 0.3) is 0 Å². The third-order valence-electron chi connectivity index (χ3n) is 6.35. The van der Waals surface area contributed by atoms with Crippen molar-refractivity contribution in [1.82, 2.24) is 25.1 Å². The molecule has 0 aliphatic heterocycles. The Labute approximate surface area is 222 Å². The lowest BCUT2D eigenvalue weighted by Gasteiger charge is -2.24. The zero-order valence-corrected chi connectivity index (χ0v) is 22.0. The van der Waals surface area contributed by atoms with Crippen LogP contribution >= 0.6 is 0 Å². The van der Waals surface area contributed by atoms with Gasteiger partial charge < -0.3 is 19.6 Å². The van der Waals surface area contributed by atoms with Crippen LogP contribution in [0.2, 0.25) is 0 Å². The zero-order valence-electron chi connectivity index (χ0n) is 22.0. The van der Waals surface area contributed by atoms with E-state index in [0.29, 0.717) is 25.2 Å². The Bertz CT molecular complexity index is 1500. The van der Waals surface area contributed by atoms with E-state index in [4.69, 9.17) is 4.74 Å². The van der Waals surface area contributed by atoms with Gasteiger partial charge in [-0.2, -0.15) is 0 Å².